The topological polar surface area (TPSA) is 70.5 Å². The molecule has 0 aliphatic carbocycles. The average Bonchev–Trinajstić information content (AvgIpc) is 3.31. The number of hydrogen-bond donors (Lipinski definition) is 1. The number of carbonyl (C=O) groups is 2. The van der Waals surface area contributed by atoms with E-state index in [9.17, 15) is 14.7 Å². The van der Waals surface area contributed by atoms with Crippen LogP contribution in [0.1, 0.15) is 27.6 Å². The summed E-state index contributed by atoms with van der Waals surface area (Å²) in [5, 5.41) is 12.8. The molecule has 0 bridgehead atoms. The normalized spacial score (nSPS) is 18.6. The number of anilines is 1. The van der Waals surface area contributed by atoms with Crippen molar-refractivity contribution in [2.45, 2.75) is 19.9 Å². The minimum absolute atomic E-state index is 0.0968. The fourth-order valence-corrected chi connectivity index (χ4v) is 4.26. The molecular weight excluding hydrogens is 372 g/mol. The molecule has 1 aliphatic heterocycles. The van der Waals surface area contributed by atoms with Crippen LogP contribution in [0.25, 0.3) is 5.76 Å². The molecule has 0 saturated carbocycles. The lowest BCUT2D eigenvalue weighted by atomic mass is 10.00. The van der Waals surface area contributed by atoms with Gasteiger partial charge in [0.25, 0.3) is 11.7 Å². The summed E-state index contributed by atoms with van der Waals surface area (Å²) in [6.45, 7) is 3.85. The van der Waals surface area contributed by atoms with Crippen molar-refractivity contribution >= 4 is 34.5 Å². The van der Waals surface area contributed by atoms with Crippen molar-refractivity contribution in [2.75, 3.05) is 4.90 Å². The number of aliphatic hydroxyl groups is 1. The fraction of sp³-hybridized carbons (Fsp3) is 0.136. The van der Waals surface area contributed by atoms with Crippen molar-refractivity contribution in [1.29, 1.82) is 0 Å². The number of Topliss-reactive ketones (excluding diaryl/α,β-unsaturated/α-hetero) is 1. The lowest BCUT2D eigenvalue weighted by molar-refractivity contribution is -0.132. The Hall–Kier alpha value is -3.25. The number of nitrogens with zero attached hydrogens (tertiary/aromatic N) is 2. The van der Waals surface area contributed by atoms with Gasteiger partial charge in [-0.15, -0.1) is 11.3 Å². The molecule has 28 heavy (non-hydrogen) atoms. The molecule has 0 radical (unpaired) electrons. The maximum absolute atomic E-state index is 13.0. The van der Waals surface area contributed by atoms with E-state index in [0.29, 0.717) is 11.3 Å². The van der Waals surface area contributed by atoms with Gasteiger partial charge in [0.05, 0.1) is 5.57 Å². The van der Waals surface area contributed by atoms with Gasteiger partial charge in [-0.3, -0.25) is 19.5 Å². The Balaban J connectivity index is 1.97. The van der Waals surface area contributed by atoms with Gasteiger partial charge >= 0.3 is 0 Å². The lowest BCUT2D eigenvalue weighted by Gasteiger charge is -2.26. The number of amides is 1. The van der Waals surface area contributed by atoms with E-state index in [1.54, 1.807) is 12.1 Å². The predicted molar refractivity (Wildman–Crippen MR) is 109 cm³/mol. The first kappa shape index (κ1) is 18.1. The van der Waals surface area contributed by atoms with Crippen LogP contribution in [0.15, 0.2) is 65.8 Å². The quantitative estimate of drug-likeness (QED) is 0.409. The minimum Gasteiger partial charge on any atom is -0.507 e. The predicted octanol–water partition coefficient (Wildman–Crippen LogP) is 4.39. The summed E-state index contributed by atoms with van der Waals surface area (Å²) in [4.78, 5) is 32.3. The third-order valence-electron chi connectivity index (χ3n) is 4.84. The third kappa shape index (κ3) is 2.92. The van der Waals surface area contributed by atoms with Crippen molar-refractivity contribution in [3.05, 3.63) is 87.4 Å². The Morgan fingerprint density at radius 1 is 1.11 bits per heavy atom. The molecule has 140 valence electrons. The highest BCUT2D eigenvalue weighted by Gasteiger charge is 2.47. The van der Waals surface area contributed by atoms with Crippen molar-refractivity contribution in [3.63, 3.8) is 0 Å². The molecular formula is C22H18N2O3S. The van der Waals surface area contributed by atoms with Gasteiger partial charge in [-0.05, 0) is 54.6 Å². The Bertz CT molecular complexity index is 1090. The van der Waals surface area contributed by atoms with Crippen LogP contribution in [0, 0.1) is 13.8 Å². The maximum atomic E-state index is 13.0. The molecule has 1 saturated heterocycles. The van der Waals surface area contributed by atoms with Crippen LogP contribution in [-0.2, 0) is 9.59 Å². The third-order valence-corrected chi connectivity index (χ3v) is 5.76. The summed E-state index contributed by atoms with van der Waals surface area (Å²) in [7, 11) is 0. The number of thiophene rings is 1. The SMILES string of the molecule is Cc1ccc(C)c(N2C(=O)C(=O)/C(=C(\O)c3ccncc3)C2c2cccs2)c1. The first-order valence-corrected chi connectivity index (χ1v) is 9.69. The second kappa shape index (κ2) is 7.05. The van der Waals surface area contributed by atoms with Crippen LogP contribution in [-0.4, -0.2) is 21.8 Å². The minimum atomic E-state index is -0.686. The zero-order valence-electron chi connectivity index (χ0n) is 15.4. The van der Waals surface area contributed by atoms with Crippen LogP contribution >= 0.6 is 11.3 Å². The van der Waals surface area contributed by atoms with Crippen molar-refractivity contribution in [3.8, 4) is 0 Å². The molecule has 3 heterocycles. The Morgan fingerprint density at radius 2 is 1.86 bits per heavy atom. The van der Waals surface area contributed by atoms with Crippen LogP contribution in [0.5, 0.6) is 0 Å². The number of carbonyl (C=O) groups excluding carboxylic acids is 2. The van der Waals surface area contributed by atoms with E-state index < -0.39 is 17.7 Å². The first-order chi connectivity index (χ1) is 13.5. The molecule has 1 atom stereocenters. The maximum Gasteiger partial charge on any atom is 0.300 e. The lowest BCUT2D eigenvalue weighted by Crippen LogP contribution is -2.29. The molecule has 1 amide bonds. The molecule has 1 fully saturated rings. The van der Waals surface area contributed by atoms with E-state index in [-0.39, 0.29) is 11.3 Å². The van der Waals surface area contributed by atoms with Gasteiger partial charge in [0.1, 0.15) is 11.8 Å². The zero-order valence-corrected chi connectivity index (χ0v) is 16.2. The molecule has 1 N–H and O–H groups in total. The van der Waals surface area contributed by atoms with Crippen LogP contribution < -0.4 is 4.90 Å². The van der Waals surface area contributed by atoms with E-state index in [2.05, 4.69) is 4.98 Å². The molecule has 0 spiro atoms. The zero-order chi connectivity index (χ0) is 19.8. The fourth-order valence-electron chi connectivity index (χ4n) is 3.44. The molecule has 6 heteroatoms. The summed E-state index contributed by atoms with van der Waals surface area (Å²) in [5.41, 5.74) is 3.10. The van der Waals surface area contributed by atoms with Gasteiger partial charge in [-0.1, -0.05) is 18.2 Å². The number of ketones is 1. The highest BCUT2D eigenvalue weighted by Crippen LogP contribution is 2.44. The number of benzene rings is 1. The Labute approximate surface area is 166 Å². The largest absolute Gasteiger partial charge is 0.507 e. The second-order valence-corrected chi connectivity index (χ2v) is 7.69. The monoisotopic (exact) mass is 390 g/mol. The van der Waals surface area contributed by atoms with E-state index in [1.165, 1.54) is 28.6 Å². The van der Waals surface area contributed by atoms with Gasteiger partial charge in [0, 0.05) is 28.5 Å². The Kier molecular flexibility index (Phi) is 4.57. The highest BCUT2D eigenvalue weighted by atomic mass is 32.1. The molecule has 1 aromatic carbocycles. The summed E-state index contributed by atoms with van der Waals surface area (Å²) in [6, 6.07) is 12.1. The van der Waals surface area contributed by atoms with Gasteiger partial charge in [0.2, 0.25) is 0 Å². The molecule has 4 rings (SSSR count). The number of aromatic nitrogens is 1. The standard InChI is InChI=1S/C22H18N2O3S/c1-13-5-6-14(2)16(12-13)24-19(17-4-3-11-28-17)18(21(26)22(24)27)20(25)15-7-9-23-10-8-15/h3-12,19,25H,1-2H3/b20-18-. The highest BCUT2D eigenvalue weighted by molar-refractivity contribution is 7.10. The van der Waals surface area contributed by atoms with Crippen LogP contribution in [0.3, 0.4) is 0 Å². The summed E-state index contributed by atoms with van der Waals surface area (Å²) in [5.74, 6) is -1.51. The van der Waals surface area contributed by atoms with Crippen LogP contribution in [0.4, 0.5) is 5.69 Å². The van der Waals surface area contributed by atoms with Crippen molar-refractivity contribution < 1.29 is 14.7 Å². The molecule has 2 aromatic heterocycles. The van der Waals surface area contributed by atoms with E-state index >= 15 is 0 Å². The summed E-state index contributed by atoms with van der Waals surface area (Å²) < 4.78 is 0. The van der Waals surface area contributed by atoms with Crippen molar-refractivity contribution in [1.82, 2.24) is 4.98 Å². The van der Waals surface area contributed by atoms with Crippen LogP contribution in [0.2, 0.25) is 0 Å². The van der Waals surface area contributed by atoms with Crippen molar-refractivity contribution in [2.24, 2.45) is 0 Å². The van der Waals surface area contributed by atoms with Gasteiger partial charge in [-0.25, -0.2) is 0 Å². The smallest absolute Gasteiger partial charge is 0.300 e. The average molecular weight is 390 g/mol. The number of aryl methyl sites for hydroxylation is 2. The second-order valence-electron chi connectivity index (χ2n) is 6.71. The van der Waals surface area contributed by atoms with Gasteiger partial charge in [0.15, 0.2) is 0 Å². The molecule has 3 aromatic rings. The number of rotatable bonds is 3. The summed E-state index contributed by atoms with van der Waals surface area (Å²) >= 11 is 1.45. The molecule has 5 nitrogen and oxygen atoms in total. The number of hydrogen-bond acceptors (Lipinski definition) is 5. The molecule has 1 aliphatic rings. The van der Waals surface area contributed by atoms with Gasteiger partial charge in [-0.2, -0.15) is 0 Å². The van der Waals surface area contributed by atoms with E-state index in [0.717, 1.165) is 16.0 Å². The number of pyridine rings is 1. The number of aliphatic hydroxyl groups excluding tert-OH is 1. The van der Waals surface area contributed by atoms with E-state index in [1.807, 2.05) is 49.6 Å². The summed E-state index contributed by atoms with van der Waals surface area (Å²) in [6.07, 6.45) is 3.08. The van der Waals surface area contributed by atoms with E-state index in [4.69, 9.17) is 0 Å². The first-order valence-electron chi connectivity index (χ1n) is 8.81. The molecule has 1 unspecified atom stereocenters. The Morgan fingerprint density at radius 3 is 2.54 bits per heavy atom. The van der Waals surface area contributed by atoms with Gasteiger partial charge < -0.3 is 5.11 Å².